The summed E-state index contributed by atoms with van der Waals surface area (Å²) in [6.45, 7) is 3.24. The summed E-state index contributed by atoms with van der Waals surface area (Å²) in [6, 6.07) is 0.175. The Morgan fingerprint density at radius 1 is 1.20 bits per heavy atom. The molecule has 0 aromatic rings. The lowest BCUT2D eigenvalue weighted by Crippen LogP contribution is -2.35. The smallest absolute Gasteiger partial charge is 0.149 e. The fourth-order valence-corrected chi connectivity index (χ4v) is 2.20. The van der Waals surface area contributed by atoms with Gasteiger partial charge >= 0.3 is 0 Å². The summed E-state index contributed by atoms with van der Waals surface area (Å²) in [5, 5.41) is 3.37. The summed E-state index contributed by atoms with van der Waals surface area (Å²) in [5.41, 5.74) is 0. The Morgan fingerprint density at radius 3 is 2.87 bits per heavy atom. The van der Waals surface area contributed by atoms with Crippen LogP contribution in [0.25, 0.3) is 0 Å². The summed E-state index contributed by atoms with van der Waals surface area (Å²) in [4.78, 5) is 11.9. The van der Waals surface area contributed by atoms with Crippen LogP contribution in [0.15, 0.2) is 0 Å². The molecular weight excluding hydrogens is 186 g/mol. The second-order valence-corrected chi connectivity index (χ2v) is 4.63. The molecule has 0 aromatic heterocycles. The zero-order valence-corrected chi connectivity index (χ0v) is 10.1. The lowest BCUT2D eigenvalue weighted by molar-refractivity contribution is -0.121. The van der Waals surface area contributed by atoms with Gasteiger partial charge in [0.1, 0.15) is 5.78 Å². The van der Waals surface area contributed by atoms with Crippen molar-refractivity contribution in [2.24, 2.45) is 0 Å². The third-order valence-corrected chi connectivity index (χ3v) is 3.23. The van der Waals surface area contributed by atoms with E-state index in [0.717, 1.165) is 25.8 Å². The van der Waals surface area contributed by atoms with Gasteiger partial charge < -0.3 is 5.32 Å². The molecule has 2 nitrogen and oxygen atoms in total. The van der Waals surface area contributed by atoms with Gasteiger partial charge in [0.2, 0.25) is 0 Å². The van der Waals surface area contributed by atoms with Crippen LogP contribution < -0.4 is 5.32 Å². The van der Waals surface area contributed by atoms with Crippen molar-refractivity contribution in [1.29, 1.82) is 0 Å². The molecule has 1 N–H and O–H groups in total. The first-order valence-corrected chi connectivity index (χ1v) is 6.60. The van der Waals surface area contributed by atoms with E-state index in [9.17, 15) is 4.79 Å². The quantitative estimate of drug-likeness (QED) is 0.684. The van der Waals surface area contributed by atoms with Gasteiger partial charge in [-0.3, -0.25) is 4.79 Å². The minimum atomic E-state index is 0.175. The first-order valence-electron chi connectivity index (χ1n) is 6.60. The summed E-state index contributed by atoms with van der Waals surface area (Å²) in [7, 11) is 0. The number of Topliss-reactive ketones (excluding diaryl/α,β-unsaturated/α-hetero) is 1. The van der Waals surface area contributed by atoms with Crippen LogP contribution in [0.3, 0.4) is 0 Å². The van der Waals surface area contributed by atoms with Crippen molar-refractivity contribution in [1.82, 2.24) is 5.32 Å². The number of rotatable bonds is 6. The molecule has 0 aromatic carbocycles. The van der Waals surface area contributed by atoms with Crippen LogP contribution in [0.5, 0.6) is 0 Å². The van der Waals surface area contributed by atoms with E-state index in [2.05, 4.69) is 12.2 Å². The average Bonchev–Trinajstić information content (AvgIpc) is 2.52. The molecule has 0 radical (unpaired) electrons. The Labute approximate surface area is 93.8 Å². The van der Waals surface area contributed by atoms with Crippen molar-refractivity contribution in [2.75, 3.05) is 6.54 Å². The maximum absolute atomic E-state index is 11.9. The van der Waals surface area contributed by atoms with Gasteiger partial charge in [0.15, 0.2) is 0 Å². The van der Waals surface area contributed by atoms with Gasteiger partial charge in [-0.05, 0) is 25.8 Å². The molecule has 1 aliphatic rings. The summed E-state index contributed by atoms with van der Waals surface area (Å²) in [6.07, 6.45) is 10.4. The fourth-order valence-electron chi connectivity index (χ4n) is 2.20. The largest absolute Gasteiger partial charge is 0.307 e. The first-order chi connectivity index (χ1) is 7.34. The average molecular weight is 211 g/mol. The molecule has 0 aliphatic carbocycles. The van der Waals surface area contributed by atoms with Gasteiger partial charge in [-0.25, -0.2) is 0 Å². The Balaban J connectivity index is 2.14. The minimum Gasteiger partial charge on any atom is -0.307 e. The molecule has 1 fully saturated rings. The van der Waals surface area contributed by atoms with Crippen molar-refractivity contribution in [3.63, 3.8) is 0 Å². The number of carbonyl (C=O) groups excluding carboxylic acids is 1. The number of unbranched alkanes of at least 4 members (excludes halogenated alkanes) is 3. The molecule has 1 saturated heterocycles. The topological polar surface area (TPSA) is 29.1 Å². The van der Waals surface area contributed by atoms with Crippen molar-refractivity contribution in [2.45, 2.75) is 70.8 Å². The number of ketones is 1. The maximum atomic E-state index is 11.9. The third kappa shape index (κ3) is 5.31. The van der Waals surface area contributed by atoms with Crippen molar-refractivity contribution < 1.29 is 4.79 Å². The van der Waals surface area contributed by atoms with Gasteiger partial charge in [0, 0.05) is 6.42 Å². The van der Waals surface area contributed by atoms with Gasteiger partial charge in [-0.2, -0.15) is 0 Å². The molecule has 1 atom stereocenters. The number of carbonyl (C=O) groups is 1. The van der Waals surface area contributed by atoms with Crippen LogP contribution in [0.2, 0.25) is 0 Å². The van der Waals surface area contributed by atoms with Crippen LogP contribution in [0.4, 0.5) is 0 Å². The predicted molar refractivity (Wildman–Crippen MR) is 64.0 cm³/mol. The molecule has 2 heteroatoms. The second kappa shape index (κ2) is 7.86. The van der Waals surface area contributed by atoms with Crippen molar-refractivity contribution in [3.8, 4) is 0 Å². The SMILES string of the molecule is CCCCCCC(=O)C1CCCCCN1. The second-order valence-electron chi connectivity index (χ2n) is 4.63. The Kier molecular flexibility index (Phi) is 6.66. The van der Waals surface area contributed by atoms with E-state index in [1.165, 1.54) is 38.5 Å². The molecule has 0 amide bonds. The lowest BCUT2D eigenvalue weighted by Gasteiger charge is -2.13. The molecule has 1 aliphatic heterocycles. The number of hydrogen-bond donors (Lipinski definition) is 1. The van der Waals surface area contributed by atoms with Gasteiger partial charge in [-0.15, -0.1) is 0 Å². The van der Waals surface area contributed by atoms with Gasteiger partial charge in [0.25, 0.3) is 0 Å². The van der Waals surface area contributed by atoms with E-state index in [0.29, 0.717) is 5.78 Å². The minimum absolute atomic E-state index is 0.175. The molecule has 1 rings (SSSR count). The highest BCUT2D eigenvalue weighted by atomic mass is 16.1. The van der Waals surface area contributed by atoms with Gasteiger partial charge in [0.05, 0.1) is 6.04 Å². The molecule has 0 saturated carbocycles. The highest BCUT2D eigenvalue weighted by Crippen LogP contribution is 2.12. The van der Waals surface area contributed by atoms with E-state index in [1.807, 2.05) is 0 Å². The van der Waals surface area contributed by atoms with Crippen molar-refractivity contribution >= 4 is 5.78 Å². The van der Waals surface area contributed by atoms with E-state index in [4.69, 9.17) is 0 Å². The Morgan fingerprint density at radius 2 is 2.07 bits per heavy atom. The molecule has 1 heterocycles. The monoisotopic (exact) mass is 211 g/mol. The highest BCUT2D eigenvalue weighted by Gasteiger charge is 2.18. The lowest BCUT2D eigenvalue weighted by atomic mass is 10.0. The van der Waals surface area contributed by atoms with E-state index < -0.39 is 0 Å². The Bertz CT molecular complexity index is 171. The normalized spacial score (nSPS) is 22.3. The Hall–Kier alpha value is -0.370. The molecule has 0 spiro atoms. The standard InChI is InChI=1S/C13H25NO/c1-2-3-4-7-10-13(15)12-9-6-5-8-11-14-12/h12,14H,2-11H2,1H3. The van der Waals surface area contributed by atoms with Crippen LogP contribution in [-0.4, -0.2) is 18.4 Å². The van der Waals surface area contributed by atoms with Crippen LogP contribution in [0.1, 0.15) is 64.7 Å². The summed E-state index contributed by atoms with van der Waals surface area (Å²) >= 11 is 0. The summed E-state index contributed by atoms with van der Waals surface area (Å²) in [5.74, 6) is 0.452. The molecule has 15 heavy (non-hydrogen) atoms. The predicted octanol–water partition coefficient (Wildman–Crippen LogP) is 3.06. The number of nitrogens with one attached hydrogen (secondary N) is 1. The fraction of sp³-hybridized carbons (Fsp3) is 0.923. The molecule has 88 valence electrons. The van der Waals surface area contributed by atoms with E-state index >= 15 is 0 Å². The number of hydrogen-bond acceptors (Lipinski definition) is 2. The molecule has 1 unspecified atom stereocenters. The van der Waals surface area contributed by atoms with Crippen molar-refractivity contribution in [3.05, 3.63) is 0 Å². The van der Waals surface area contributed by atoms with Gasteiger partial charge in [-0.1, -0.05) is 39.0 Å². The summed E-state index contributed by atoms with van der Waals surface area (Å²) < 4.78 is 0. The zero-order valence-electron chi connectivity index (χ0n) is 10.1. The van der Waals surface area contributed by atoms with Crippen LogP contribution in [0, 0.1) is 0 Å². The first kappa shape index (κ1) is 12.7. The molecule has 0 bridgehead atoms. The zero-order chi connectivity index (χ0) is 10.9. The van der Waals surface area contributed by atoms with E-state index in [-0.39, 0.29) is 6.04 Å². The maximum Gasteiger partial charge on any atom is 0.149 e. The highest BCUT2D eigenvalue weighted by molar-refractivity contribution is 5.83. The molecular formula is C13H25NO. The van der Waals surface area contributed by atoms with E-state index in [1.54, 1.807) is 0 Å². The third-order valence-electron chi connectivity index (χ3n) is 3.23. The van der Waals surface area contributed by atoms with Crippen LogP contribution in [-0.2, 0) is 4.79 Å². The van der Waals surface area contributed by atoms with Crippen LogP contribution >= 0.6 is 0 Å².